The highest BCUT2D eigenvalue weighted by Gasteiger charge is 2.12. The van der Waals surface area contributed by atoms with Gasteiger partial charge in [-0.1, -0.05) is 11.8 Å². The lowest BCUT2D eigenvalue weighted by molar-refractivity contribution is 0.0563. The number of thioether (sulfide) groups is 1. The Balaban J connectivity index is 1.96. The molecule has 102 valence electrons. The first-order chi connectivity index (χ1) is 9.24. The van der Waals surface area contributed by atoms with E-state index in [1.807, 2.05) is 0 Å². The Hall–Kier alpha value is -1.87. The molecule has 2 rings (SSSR count). The van der Waals surface area contributed by atoms with Gasteiger partial charge in [-0.2, -0.15) is 0 Å². The maximum Gasteiger partial charge on any atom is 0.373 e. The summed E-state index contributed by atoms with van der Waals surface area (Å²) in [4.78, 5) is 11.2. The molecular formula is C10H13N5O3S. The molecule has 0 saturated heterocycles. The fraction of sp³-hybridized carbons (Fsp3) is 0.400. The fourth-order valence-corrected chi connectivity index (χ4v) is 2.16. The predicted octanol–water partition coefficient (Wildman–Crippen LogP) is 0.304. The topological polar surface area (TPSA) is 109 Å². The molecule has 0 aliphatic carbocycles. The first kappa shape index (κ1) is 13.6. The molecule has 8 nitrogen and oxygen atoms in total. The minimum atomic E-state index is -0.496. The van der Waals surface area contributed by atoms with Crippen molar-refractivity contribution in [2.45, 2.75) is 17.5 Å². The Morgan fingerprint density at radius 3 is 3.16 bits per heavy atom. The lowest BCUT2D eigenvalue weighted by Crippen LogP contribution is -2.12. The maximum atomic E-state index is 11.2. The third-order valence-electron chi connectivity index (χ3n) is 2.23. The Bertz CT molecular complexity index is 553. The van der Waals surface area contributed by atoms with E-state index in [2.05, 4.69) is 20.3 Å². The lowest BCUT2D eigenvalue weighted by atomic mass is 10.4. The SMILES string of the molecule is COC(=O)c1ccc(CSc2nnnn2CCN)o1. The van der Waals surface area contributed by atoms with Crippen LogP contribution in [-0.4, -0.2) is 39.8 Å². The van der Waals surface area contributed by atoms with E-state index in [4.69, 9.17) is 10.2 Å². The molecule has 0 bridgehead atoms. The first-order valence-corrected chi connectivity index (χ1v) is 6.49. The van der Waals surface area contributed by atoms with Gasteiger partial charge >= 0.3 is 5.97 Å². The van der Waals surface area contributed by atoms with E-state index in [1.165, 1.54) is 18.9 Å². The van der Waals surface area contributed by atoms with Crippen LogP contribution in [-0.2, 0) is 17.0 Å². The summed E-state index contributed by atoms with van der Waals surface area (Å²) in [5.41, 5.74) is 5.45. The second kappa shape index (κ2) is 6.34. The lowest BCUT2D eigenvalue weighted by Gasteiger charge is -2.00. The van der Waals surface area contributed by atoms with Crippen molar-refractivity contribution in [2.24, 2.45) is 5.73 Å². The molecule has 2 heterocycles. The van der Waals surface area contributed by atoms with Gasteiger partial charge in [0.2, 0.25) is 10.9 Å². The predicted molar refractivity (Wildman–Crippen MR) is 66.5 cm³/mol. The summed E-state index contributed by atoms with van der Waals surface area (Å²) in [5, 5.41) is 11.9. The molecule has 0 amide bonds. The minimum absolute atomic E-state index is 0.180. The van der Waals surface area contributed by atoms with E-state index in [0.29, 0.717) is 29.8 Å². The van der Waals surface area contributed by atoms with E-state index < -0.39 is 5.97 Å². The molecule has 0 aliphatic heterocycles. The molecule has 2 aromatic heterocycles. The van der Waals surface area contributed by atoms with E-state index in [1.54, 1.807) is 16.8 Å². The molecular weight excluding hydrogens is 270 g/mol. The Morgan fingerprint density at radius 2 is 2.42 bits per heavy atom. The van der Waals surface area contributed by atoms with Crippen LogP contribution in [0.1, 0.15) is 16.3 Å². The molecule has 2 aromatic rings. The highest BCUT2D eigenvalue weighted by molar-refractivity contribution is 7.98. The van der Waals surface area contributed by atoms with Crippen LogP contribution in [0.4, 0.5) is 0 Å². The van der Waals surface area contributed by atoms with E-state index >= 15 is 0 Å². The van der Waals surface area contributed by atoms with E-state index in [-0.39, 0.29) is 5.76 Å². The number of esters is 1. The highest BCUT2D eigenvalue weighted by Crippen LogP contribution is 2.21. The third kappa shape index (κ3) is 3.32. The summed E-state index contributed by atoms with van der Waals surface area (Å²) in [7, 11) is 1.31. The summed E-state index contributed by atoms with van der Waals surface area (Å²) in [6.45, 7) is 1.02. The molecule has 0 spiro atoms. The summed E-state index contributed by atoms with van der Waals surface area (Å²) < 4.78 is 11.5. The van der Waals surface area contributed by atoms with Crippen LogP contribution in [0.5, 0.6) is 0 Å². The zero-order valence-electron chi connectivity index (χ0n) is 10.3. The zero-order valence-corrected chi connectivity index (χ0v) is 11.1. The third-order valence-corrected chi connectivity index (χ3v) is 3.21. The molecule has 0 unspecified atom stereocenters. The molecule has 2 N–H and O–H groups in total. The van der Waals surface area contributed by atoms with Crippen molar-refractivity contribution in [2.75, 3.05) is 13.7 Å². The Morgan fingerprint density at radius 1 is 1.58 bits per heavy atom. The number of hydrogen-bond acceptors (Lipinski definition) is 8. The number of nitrogens with two attached hydrogens (primary N) is 1. The molecule has 0 fully saturated rings. The molecule has 0 aliphatic rings. The molecule has 9 heteroatoms. The van der Waals surface area contributed by atoms with E-state index in [0.717, 1.165) is 0 Å². The van der Waals surface area contributed by atoms with Gasteiger partial charge in [0.25, 0.3) is 0 Å². The molecule has 0 radical (unpaired) electrons. The number of rotatable bonds is 6. The number of nitrogens with zero attached hydrogens (tertiary/aromatic N) is 4. The average molecular weight is 283 g/mol. The largest absolute Gasteiger partial charge is 0.463 e. The van der Waals surface area contributed by atoms with Crippen LogP contribution >= 0.6 is 11.8 Å². The number of furan rings is 1. The van der Waals surface area contributed by atoms with Gasteiger partial charge in [-0.05, 0) is 22.6 Å². The second-order valence-corrected chi connectivity index (χ2v) is 4.46. The van der Waals surface area contributed by atoms with Crippen molar-refractivity contribution in [1.29, 1.82) is 0 Å². The Labute approximate surface area is 113 Å². The Kier molecular flexibility index (Phi) is 4.53. The van der Waals surface area contributed by atoms with Gasteiger partial charge in [0.15, 0.2) is 0 Å². The molecule has 0 saturated carbocycles. The van der Waals surface area contributed by atoms with Crippen LogP contribution in [0, 0.1) is 0 Å². The second-order valence-electron chi connectivity index (χ2n) is 3.52. The smallest absolute Gasteiger partial charge is 0.373 e. The van der Waals surface area contributed by atoms with Gasteiger partial charge in [0, 0.05) is 6.54 Å². The van der Waals surface area contributed by atoms with Crippen LogP contribution in [0.25, 0.3) is 0 Å². The summed E-state index contributed by atoms with van der Waals surface area (Å²) in [5.74, 6) is 0.846. The van der Waals surface area contributed by atoms with Crippen molar-refractivity contribution >= 4 is 17.7 Å². The minimum Gasteiger partial charge on any atom is -0.463 e. The van der Waals surface area contributed by atoms with Crippen molar-refractivity contribution in [3.8, 4) is 0 Å². The quantitative estimate of drug-likeness (QED) is 0.595. The number of ether oxygens (including phenoxy) is 1. The van der Waals surface area contributed by atoms with Gasteiger partial charge in [0.1, 0.15) is 5.76 Å². The molecule has 0 atom stereocenters. The van der Waals surface area contributed by atoms with Crippen molar-refractivity contribution in [3.63, 3.8) is 0 Å². The monoisotopic (exact) mass is 283 g/mol. The molecule has 19 heavy (non-hydrogen) atoms. The maximum absolute atomic E-state index is 11.2. The van der Waals surface area contributed by atoms with Gasteiger partial charge in [-0.15, -0.1) is 5.10 Å². The normalized spacial score (nSPS) is 10.6. The number of tetrazole rings is 1. The summed E-state index contributed by atoms with van der Waals surface area (Å²) in [6.07, 6.45) is 0. The fourth-order valence-electron chi connectivity index (χ4n) is 1.36. The van der Waals surface area contributed by atoms with Crippen molar-refractivity contribution in [3.05, 3.63) is 23.7 Å². The zero-order chi connectivity index (χ0) is 13.7. The number of aromatic nitrogens is 4. The van der Waals surface area contributed by atoms with Crippen LogP contribution in [0.3, 0.4) is 0 Å². The standard InChI is InChI=1S/C10H13N5O3S/c1-17-9(16)8-3-2-7(18-8)6-19-10-12-13-14-15(10)5-4-11/h2-3H,4-6,11H2,1H3. The van der Waals surface area contributed by atoms with E-state index in [9.17, 15) is 4.79 Å². The highest BCUT2D eigenvalue weighted by atomic mass is 32.2. The van der Waals surface area contributed by atoms with Gasteiger partial charge < -0.3 is 14.9 Å². The number of hydrogen-bond donors (Lipinski definition) is 1. The number of carbonyl (C=O) groups is 1. The van der Waals surface area contributed by atoms with Crippen LogP contribution < -0.4 is 5.73 Å². The summed E-state index contributed by atoms with van der Waals surface area (Å²) in [6, 6.07) is 3.29. The average Bonchev–Trinajstić information content (AvgIpc) is 3.05. The number of methoxy groups -OCH3 is 1. The van der Waals surface area contributed by atoms with Crippen molar-refractivity contribution < 1.29 is 13.9 Å². The van der Waals surface area contributed by atoms with Crippen molar-refractivity contribution in [1.82, 2.24) is 20.2 Å². The van der Waals surface area contributed by atoms with Crippen LogP contribution in [0.2, 0.25) is 0 Å². The van der Waals surface area contributed by atoms with Gasteiger partial charge in [-0.3, -0.25) is 0 Å². The first-order valence-electron chi connectivity index (χ1n) is 5.50. The molecule has 0 aromatic carbocycles. The number of carbonyl (C=O) groups excluding carboxylic acids is 1. The van der Waals surface area contributed by atoms with Gasteiger partial charge in [-0.25, -0.2) is 9.48 Å². The van der Waals surface area contributed by atoms with Crippen LogP contribution in [0.15, 0.2) is 21.7 Å². The summed E-state index contributed by atoms with van der Waals surface area (Å²) >= 11 is 1.40. The van der Waals surface area contributed by atoms with Gasteiger partial charge in [0.05, 0.1) is 19.4 Å².